The summed E-state index contributed by atoms with van der Waals surface area (Å²) in [6, 6.07) is 1.65. The maximum atomic E-state index is 13.1. The maximum absolute atomic E-state index is 13.1. The summed E-state index contributed by atoms with van der Waals surface area (Å²) in [5, 5.41) is 17.7. The quantitative estimate of drug-likeness (QED) is 0.261. The Labute approximate surface area is 205 Å². The van der Waals surface area contributed by atoms with Crippen LogP contribution in [0.4, 0.5) is 0 Å². The van der Waals surface area contributed by atoms with E-state index in [4.69, 9.17) is 4.74 Å². The predicted octanol–water partition coefficient (Wildman–Crippen LogP) is 3.45. The Bertz CT molecular complexity index is 631. The molecule has 0 radical (unpaired) electrons. The van der Waals surface area contributed by atoms with Crippen LogP contribution in [-0.4, -0.2) is 49.6 Å². The van der Waals surface area contributed by atoms with Gasteiger partial charge in [-0.15, -0.1) is 0 Å². The number of hydrogen-bond donors (Lipinski definition) is 3. The molecule has 1 rings (SSSR count). The first-order valence-corrected chi connectivity index (χ1v) is 13.0. The third kappa shape index (κ3) is 12.4. The molecule has 3 N–H and O–H groups in total. The molecule has 1 aliphatic carbocycles. The molecule has 0 aromatic rings. The molecule has 8 nitrogen and oxygen atoms in total. The largest absolute Gasteiger partial charge is 0.365 e. The molecule has 1 aliphatic rings. The third-order valence-electron chi connectivity index (χ3n) is 6.76. The van der Waals surface area contributed by atoms with Crippen molar-refractivity contribution in [1.29, 1.82) is 5.26 Å². The number of amides is 3. The molecular weight excluding hydrogens is 432 g/mol. The molecule has 34 heavy (non-hydrogen) atoms. The topological polar surface area (TPSA) is 120 Å². The second-order valence-corrected chi connectivity index (χ2v) is 10.3. The number of rotatable bonds is 18. The van der Waals surface area contributed by atoms with Crippen LogP contribution in [0.15, 0.2) is 0 Å². The lowest BCUT2D eigenvalue weighted by Crippen LogP contribution is -2.43. The van der Waals surface area contributed by atoms with Crippen LogP contribution < -0.4 is 16.0 Å². The molecule has 0 heterocycles. The van der Waals surface area contributed by atoms with Gasteiger partial charge in [0.25, 0.3) is 0 Å². The lowest BCUT2D eigenvalue weighted by Gasteiger charge is -2.29. The molecule has 0 spiro atoms. The van der Waals surface area contributed by atoms with Crippen molar-refractivity contribution in [2.75, 3.05) is 6.54 Å². The second kappa shape index (κ2) is 17.3. The summed E-state index contributed by atoms with van der Waals surface area (Å²) >= 11 is 0. The van der Waals surface area contributed by atoms with Gasteiger partial charge >= 0.3 is 0 Å². The number of nitriles is 1. The first-order chi connectivity index (χ1) is 16.3. The van der Waals surface area contributed by atoms with Crippen LogP contribution in [0.5, 0.6) is 0 Å². The fourth-order valence-electron chi connectivity index (χ4n) is 4.95. The summed E-state index contributed by atoms with van der Waals surface area (Å²) in [4.78, 5) is 34.7. The van der Waals surface area contributed by atoms with E-state index in [1.807, 2.05) is 13.8 Å². The van der Waals surface area contributed by atoms with Crippen molar-refractivity contribution in [3.05, 3.63) is 0 Å². The first kappa shape index (κ1) is 29.9. The van der Waals surface area contributed by atoms with E-state index >= 15 is 0 Å². The minimum Gasteiger partial charge on any atom is -0.365 e. The molecule has 1 saturated carbocycles. The smallest absolute Gasteiger partial charge is 0.249 e. The maximum Gasteiger partial charge on any atom is 0.249 e. The number of nitrogens with one attached hydrogen (secondary N) is 3. The van der Waals surface area contributed by atoms with E-state index in [2.05, 4.69) is 35.9 Å². The van der Waals surface area contributed by atoms with Crippen molar-refractivity contribution < 1.29 is 19.1 Å². The van der Waals surface area contributed by atoms with Gasteiger partial charge in [-0.25, -0.2) is 0 Å². The van der Waals surface area contributed by atoms with Crippen LogP contribution in [0.2, 0.25) is 0 Å². The molecule has 0 bridgehead atoms. The average molecular weight is 479 g/mol. The number of carbonyl (C=O) groups is 3. The molecule has 1 fully saturated rings. The van der Waals surface area contributed by atoms with Gasteiger partial charge in [0.1, 0.15) is 12.1 Å². The zero-order chi connectivity index (χ0) is 25.3. The number of nitrogens with zero attached hydrogens (tertiary/aromatic N) is 1. The van der Waals surface area contributed by atoms with Gasteiger partial charge in [0.2, 0.25) is 18.7 Å². The number of carbonyl (C=O) groups excluding carboxylic acids is 3. The summed E-state index contributed by atoms with van der Waals surface area (Å²) < 4.78 is 6.32. The highest BCUT2D eigenvalue weighted by Gasteiger charge is 2.27. The molecule has 3 amide bonds. The van der Waals surface area contributed by atoms with Gasteiger partial charge in [0.05, 0.1) is 12.2 Å². The first-order valence-electron chi connectivity index (χ1n) is 13.0. The zero-order valence-corrected chi connectivity index (χ0v) is 21.6. The fraction of sp³-hybridized carbons (Fsp3) is 0.846. The fourth-order valence-corrected chi connectivity index (χ4v) is 4.95. The minimum absolute atomic E-state index is 0.0333. The lowest BCUT2D eigenvalue weighted by atomic mass is 9.84. The van der Waals surface area contributed by atoms with Crippen LogP contribution >= 0.6 is 0 Å². The minimum atomic E-state index is -0.554. The van der Waals surface area contributed by atoms with Crippen molar-refractivity contribution in [3.8, 4) is 6.07 Å². The van der Waals surface area contributed by atoms with Gasteiger partial charge in [-0.1, -0.05) is 40.0 Å². The molecule has 0 aliphatic heterocycles. The van der Waals surface area contributed by atoms with Crippen molar-refractivity contribution in [3.63, 3.8) is 0 Å². The van der Waals surface area contributed by atoms with Gasteiger partial charge in [-0.3, -0.25) is 14.4 Å². The molecule has 194 valence electrons. The van der Waals surface area contributed by atoms with Gasteiger partial charge in [0, 0.05) is 12.6 Å². The Kier molecular flexibility index (Phi) is 15.2. The summed E-state index contributed by atoms with van der Waals surface area (Å²) in [5.41, 5.74) is 0. The van der Waals surface area contributed by atoms with E-state index in [0.717, 1.165) is 44.9 Å². The summed E-state index contributed by atoms with van der Waals surface area (Å²) in [6.45, 7) is 8.86. The van der Waals surface area contributed by atoms with E-state index in [9.17, 15) is 19.6 Å². The number of hydrogen-bond acceptors (Lipinski definition) is 5. The lowest BCUT2D eigenvalue weighted by molar-refractivity contribution is -0.139. The molecule has 0 saturated heterocycles. The highest BCUT2D eigenvalue weighted by atomic mass is 16.5. The second-order valence-electron chi connectivity index (χ2n) is 10.3. The van der Waals surface area contributed by atoms with E-state index in [1.165, 1.54) is 6.42 Å². The summed E-state index contributed by atoms with van der Waals surface area (Å²) in [6.07, 6.45) is 10.1. The molecule has 5 atom stereocenters. The number of ether oxygens (including phenoxy) is 1. The van der Waals surface area contributed by atoms with Gasteiger partial charge in [-0.05, 0) is 69.6 Å². The van der Waals surface area contributed by atoms with Crippen LogP contribution in [0.3, 0.4) is 0 Å². The van der Waals surface area contributed by atoms with E-state index in [1.54, 1.807) is 0 Å². The zero-order valence-electron chi connectivity index (χ0n) is 21.6. The average Bonchev–Trinajstić information content (AvgIpc) is 2.80. The van der Waals surface area contributed by atoms with E-state index < -0.39 is 12.1 Å². The predicted molar refractivity (Wildman–Crippen MR) is 133 cm³/mol. The van der Waals surface area contributed by atoms with Gasteiger partial charge in [0.15, 0.2) is 0 Å². The Morgan fingerprint density at radius 3 is 2.35 bits per heavy atom. The Morgan fingerprint density at radius 1 is 1.06 bits per heavy atom. The van der Waals surface area contributed by atoms with E-state index in [0.29, 0.717) is 38.1 Å². The van der Waals surface area contributed by atoms with Gasteiger partial charge < -0.3 is 20.7 Å². The molecule has 8 heteroatoms. The van der Waals surface area contributed by atoms with Crippen LogP contribution in [0, 0.1) is 29.1 Å². The van der Waals surface area contributed by atoms with Crippen molar-refractivity contribution in [1.82, 2.24) is 16.0 Å². The van der Waals surface area contributed by atoms with Gasteiger partial charge in [-0.2, -0.15) is 5.26 Å². The van der Waals surface area contributed by atoms with Crippen LogP contribution in [0.1, 0.15) is 91.9 Å². The van der Waals surface area contributed by atoms with Crippen molar-refractivity contribution in [2.45, 2.75) is 116 Å². The monoisotopic (exact) mass is 478 g/mol. The van der Waals surface area contributed by atoms with Crippen molar-refractivity contribution in [2.24, 2.45) is 17.8 Å². The Balaban J connectivity index is 2.74. The normalized spacial score (nSPS) is 18.7. The molecular formula is C26H46N4O4. The van der Waals surface area contributed by atoms with Crippen molar-refractivity contribution >= 4 is 18.7 Å². The highest BCUT2D eigenvalue weighted by Crippen LogP contribution is 2.26. The van der Waals surface area contributed by atoms with Crippen LogP contribution in [-0.2, 0) is 19.1 Å². The standard InChI is InChI=1S/C26H46N4O4/c1-19(2)13-21(4)30-26(33)25(34-24-10-6-5-7-11-24)12-8-9-22(16-28-17-31)20(3)14-23(15-27)29-18-32/h17-25H,5-14,16H2,1-4H3,(H,28,31)(H,29,32)(H,30,33)/t20-,21-,22?,23?,25?/m1/s1. The Morgan fingerprint density at radius 2 is 1.76 bits per heavy atom. The molecule has 0 aromatic carbocycles. The molecule has 3 unspecified atom stereocenters. The SMILES string of the molecule is CC(C)C[C@@H](C)NC(=O)C(CCCC(CNC=O)[C@H](C)CC(C#N)NC=O)OC1CCCCC1. The van der Waals surface area contributed by atoms with Crippen LogP contribution in [0.25, 0.3) is 0 Å². The Hall–Kier alpha value is -2.14. The highest BCUT2D eigenvalue weighted by molar-refractivity contribution is 5.81. The summed E-state index contributed by atoms with van der Waals surface area (Å²) in [5.74, 6) is 0.718. The summed E-state index contributed by atoms with van der Waals surface area (Å²) in [7, 11) is 0. The third-order valence-corrected chi connectivity index (χ3v) is 6.76. The molecule has 0 aromatic heterocycles. The van der Waals surface area contributed by atoms with E-state index in [-0.39, 0.29) is 29.9 Å².